The lowest BCUT2D eigenvalue weighted by molar-refractivity contribution is 0.122. The zero-order chi connectivity index (χ0) is 21.6. The van der Waals surface area contributed by atoms with E-state index in [4.69, 9.17) is 14.7 Å². The van der Waals surface area contributed by atoms with E-state index in [9.17, 15) is 22.8 Å². The third kappa shape index (κ3) is 10.8. The maximum absolute atomic E-state index is 12.2. The number of nitrogens with two attached hydrogens (primary N) is 2. The maximum atomic E-state index is 12.2. The second kappa shape index (κ2) is 10.6. The Morgan fingerprint density at radius 1 is 0.667 bits per heavy atom. The van der Waals surface area contributed by atoms with E-state index in [-0.39, 0.29) is 13.2 Å². The van der Waals surface area contributed by atoms with Crippen LogP contribution in [0.1, 0.15) is 13.8 Å². The van der Waals surface area contributed by atoms with Gasteiger partial charge in [-0.05, 0) is 13.8 Å². The molecule has 0 spiro atoms. The molecule has 3 atom stereocenters. The third-order valence-corrected chi connectivity index (χ3v) is 9.81. The fourth-order valence-electron chi connectivity index (χ4n) is 1.03. The van der Waals surface area contributed by atoms with Crippen molar-refractivity contribution in [1.82, 2.24) is 0 Å². The van der Waals surface area contributed by atoms with Crippen LogP contribution < -0.4 is 11.8 Å². The average molecular weight is 504 g/mol. The van der Waals surface area contributed by atoms with E-state index >= 15 is 0 Å². The van der Waals surface area contributed by atoms with Gasteiger partial charge in [-0.1, -0.05) is 0 Å². The maximum Gasteiger partial charge on any atom is 0.509 e. The number of rotatable bonds is 14. The summed E-state index contributed by atoms with van der Waals surface area (Å²) in [4.78, 5) is 26.0. The molecule has 164 valence electrons. The molecule has 0 aromatic carbocycles. The van der Waals surface area contributed by atoms with Crippen molar-refractivity contribution >= 4 is 39.1 Å². The molecular formula is C4H17N2O16P5. The smallest absolute Gasteiger partial charge is 0.302 e. The first kappa shape index (κ1) is 27.6. The quantitative estimate of drug-likeness (QED) is 0.165. The molecule has 0 saturated heterocycles. The van der Waals surface area contributed by atoms with E-state index < -0.39 is 39.1 Å². The zero-order valence-electron chi connectivity index (χ0n) is 13.5. The summed E-state index contributed by atoms with van der Waals surface area (Å²) < 4.78 is 90.2. The Balaban J connectivity index is 5.61. The monoisotopic (exact) mass is 504 g/mol. The predicted octanol–water partition coefficient (Wildman–Crippen LogP) is 1.42. The molecule has 3 unspecified atom stereocenters. The molecule has 0 amide bonds. The molecule has 18 nitrogen and oxygen atoms in total. The molecule has 0 aliphatic rings. The first-order valence-corrected chi connectivity index (χ1v) is 13.6. The van der Waals surface area contributed by atoms with Crippen molar-refractivity contribution in [2.45, 2.75) is 13.8 Å². The van der Waals surface area contributed by atoms with Gasteiger partial charge in [0.25, 0.3) is 0 Å². The highest BCUT2D eigenvalue weighted by atomic mass is 31.3. The number of hydrogen-bond acceptors (Lipinski definition) is 15. The van der Waals surface area contributed by atoms with Crippen molar-refractivity contribution in [2.24, 2.45) is 11.8 Å². The van der Waals surface area contributed by atoms with Crippen molar-refractivity contribution in [3.05, 3.63) is 0 Å². The third-order valence-electron chi connectivity index (χ3n) is 1.65. The fraction of sp³-hybridized carbons (Fsp3) is 1.00. The second-order valence-electron chi connectivity index (χ2n) is 3.67. The van der Waals surface area contributed by atoms with Gasteiger partial charge in [-0.2, -0.15) is 17.2 Å². The highest BCUT2D eigenvalue weighted by Gasteiger charge is 2.51. The minimum atomic E-state index is -5.89. The summed E-state index contributed by atoms with van der Waals surface area (Å²) >= 11 is 0. The molecule has 0 aliphatic heterocycles. The Labute approximate surface area is 151 Å². The minimum Gasteiger partial charge on any atom is -0.302 e. The first-order chi connectivity index (χ1) is 12.1. The standard InChI is InChI=1S/C4H17N2O16P5/c1-3-15-25(12,16-4-2)21-27(14,18-6)22-26(13,17-5)20-24(10,11)19-23(7,8)9/h3-6H2,1-2H3,(H,10,11)(H2,7,8,9). The fourth-order valence-corrected chi connectivity index (χ4v) is 7.94. The van der Waals surface area contributed by atoms with E-state index in [1.54, 1.807) is 0 Å². The lowest BCUT2D eigenvalue weighted by Gasteiger charge is -2.23. The molecule has 27 heavy (non-hydrogen) atoms. The summed E-state index contributed by atoms with van der Waals surface area (Å²) in [6, 6.07) is 0. The van der Waals surface area contributed by atoms with Gasteiger partial charge in [0.1, 0.15) is 0 Å². The van der Waals surface area contributed by atoms with Crippen LogP contribution in [0, 0.1) is 0 Å². The van der Waals surface area contributed by atoms with Crippen LogP contribution in [-0.4, -0.2) is 27.9 Å². The molecule has 0 fully saturated rings. The van der Waals surface area contributed by atoms with Gasteiger partial charge in [0.2, 0.25) is 0 Å². The predicted molar refractivity (Wildman–Crippen MR) is 82.8 cm³/mol. The first-order valence-electron chi connectivity index (χ1n) is 6.17. The summed E-state index contributed by atoms with van der Waals surface area (Å²) in [6.07, 6.45) is 0. The molecule has 0 bridgehead atoms. The largest absolute Gasteiger partial charge is 0.509 e. The number of hydrogen-bond donors (Lipinski definition) is 5. The Hall–Kier alpha value is 0.630. The van der Waals surface area contributed by atoms with Gasteiger partial charge in [0.15, 0.2) is 0 Å². The van der Waals surface area contributed by atoms with Crippen LogP contribution in [0.15, 0.2) is 0 Å². The van der Waals surface area contributed by atoms with Gasteiger partial charge in [-0.25, -0.2) is 43.9 Å². The Morgan fingerprint density at radius 2 is 1.04 bits per heavy atom. The van der Waals surface area contributed by atoms with Crippen molar-refractivity contribution in [1.29, 1.82) is 0 Å². The van der Waals surface area contributed by atoms with Crippen LogP contribution in [0.2, 0.25) is 0 Å². The van der Waals surface area contributed by atoms with Crippen molar-refractivity contribution < 1.29 is 73.0 Å². The molecule has 0 aliphatic carbocycles. The van der Waals surface area contributed by atoms with Crippen LogP contribution in [0.5, 0.6) is 0 Å². The lowest BCUT2D eigenvalue weighted by Crippen LogP contribution is -2.09. The van der Waals surface area contributed by atoms with Gasteiger partial charge in [0, 0.05) is 0 Å². The lowest BCUT2D eigenvalue weighted by atomic mass is 10.9. The summed E-state index contributed by atoms with van der Waals surface area (Å²) in [5.74, 6) is 9.15. The highest BCUT2D eigenvalue weighted by Crippen LogP contribution is 2.76. The molecule has 0 saturated carbocycles. The van der Waals surface area contributed by atoms with Gasteiger partial charge in [0.05, 0.1) is 13.2 Å². The van der Waals surface area contributed by atoms with E-state index in [0.29, 0.717) is 0 Å². The van der Waals surface area contributed by atoms with Crippen molar-refractivity contribution in [3.8, 4) is 0 Å². The van der Waals surface area contributed by atoms with Gasteiger partial charge in [-0.15, -0.1) is 0 Å². The summed E-state index contributed by atoms with van der Waals surface area (Å²) in [6.45, 7) is 2.02. The highest BCUT2D eigenvalue weighted by molar-refractivity contribution is 7.71. The SMILES string of the molecule is CCOP(=O)(OCC)OP(=O)(ON)OP(=O)(ON)OP(=O)(O)OP(=O)(O)O. The van der Waals surface area contributed by atoms with E-state index in [1.807, 2.05) is 0 Å². The Morgan fingerprint density at radius 3 is 1.37 bits per heavy atom. The van der Waals surface area contributed by atoms with Crippen LogP contribution in [0.25, 0.3) is 0 Å². The topological polar surface area (TPSA) is 272 Å². The van der Waals surface area contributed by atoms with Gasteiger partial charge in [-0.3, -0.25) is 9.05 Å². The van der Waals surface area contributed by atoms with E-state index in [0.717, 1.165) is 0 Å². The molecule has 0 rings (SSSR count). The van der Waals surface area contributed by atoms with Crippen LogP contribution >= 0.6 is 39.1 Å². The van der Waals surface area contributed by atoms with Crippen LogP contribution in [0.3, 0.4) is 0 Å². The van der Waals surface area contributed by atoms with Crippen LogP contribution in [0.4, 0.5) is 0 Å². The molecular weight excluding hydrogens is 487 g/mol. The molecule has 0 heterocycles. The molecule has 0 aromatic heterocycles. The normalized spacial score (nSPS) is 19.8. The van der Waals surface area contributed by atoms with E-state index in [1.165, 1.54) is 13.8 Å². The number of phosphoric acid groups is 5. The minimum absolute atomic E-state index is 0.314. The van der Waals surface area contributed by atoms with E-state index in [2.05, 4.69) is 47.3 Å². The summed E-state index contributed by atoms with van der Waals surface area (Å²) in [5.41, 5.74) is 0. The second-order valence-corrected chi connectivity index (χ2v) is 11.8. The molecule has 7 N–H and O–H groups in total. The Kier molecular flexibility index (Phi) is 10.8. The van der Waals surface area contributed by atoms with Crippen molar-refractivity contribution in [3.63, 3.8) is 0 Å². The average Bonchev–Trinajstić information content (AvgIpc) is 2.43. The van der Waals surface area contributed by atoms with Gasteiger partial charge >= 0.3 is 39.1 Å². The zero-order valence-corrected chi connectivity index (χ0v) is 17.9. The molecule has 23 heteroatoms. The summed E-state index contributed by atoms with van der Waals surface area (Å²) in [5, 5.41) is 0. The molecule has 0 radical (unpaired) electrons. The number of phosphoric ester groups is 1. The van der Waals surface area contributed by atoms with Crippen molar-refractivity contribution in [2.75, 3.05) is 13.2 Å². The van der Waals surface area contributed by atoms with Crippen LogP contribution in [-0.2, 0) is 58.4 Å². The summed E-state index contributed by atoms with van der Waals surface area (Å²) in [7, 11) is -27.4. The van der Waals surface area contributed by atoms with Gasteiger partial charge < -0.3 is 14.7 Å². The Bertz CT molecular complexity index is 706. The molecule has 0 aromatic rings.